The van der Waals surface area contributed by atoms with Gasteiger partial charge in [0.2, 0.25) is 0 Å². The first-order valence-electron chi connectivity index (χ1n) is 6.72. The fourth-order valence-electron chi connectivity index (χ4n) is 2.07. The lowest BCUT2D eigenvalue weighted by Gasteiger charge is -2.01. The van der Waals surface area contributed by atoms with Gasteiger partial charge in [-0.25, -0.2) is 14.6 Å². The molecule has 0 spiro atoms. The Bertz CT molecular complexity index is 816. The number of carboxylic acids is 2. The lowest BCUT2D eigenvalue weighted by molar-refractivity contribution is -0.159. The third kappa shape index (κ3) is 3.72. The van der Waals surface area contributed by atoms with Crippen LogP contribution < -0.4 is 5.73 Å². The molecule has 23 heavy (non-hydrogen) atoms. The summed E-state index contributed by atoms with van der Waals surface area (Å²) in [4.78, 5) is 22.8. The van der Waals surface area contributed by atoms with Gasteiger partial charge in [-0.15, -0.1) is 0 Å². The molecule has 3 aromatic rings. The highest BCUT2D eigenvalue weighted by molar-refractivity contribution is 6.27. The average molecular weight is 313 g/mol. The highest BCUT2D eigenvalue weighted by atomic mass is 16.4. The first-order chi connectivity index (χ1) is 11.0. The summed E-state index contributed by atoms with van der Waals surface area (Å²) < 4.78 is 2.04. The maximum atomic E-state index is 9.10. The van der Waals surface area contributed by atoms with Gasteiger partial charge in [-0.1, -0.05) is 36.4 Å². The van der Waals surface area contributed by atoms with Crippen molar-refractivity contribution in [3.63, 3.8) is 0 Å². The maximum absolute atomic E-state index is 9.10. The van der Waals surface area contributed by atoms with Crippen molar-refractivity contribution in [2.45, 2.75) is 6.54 Å². The van der Waals surface area contributed by atoms with Crippen LogP contribution in [-0.4, -0.2) is 31.5 Å². The Morgan fingerprint density at radius 3 is 2.17 bits per heavy atom. The number of hydrogen-bond donors (Lipinski definition) is 3. The molecule has 4 N–H and O–H groups in total. The lowest BCUT2D eigenvalue weighted by atomic mass is 10.1. The molecule has 0 aliphatic carbocycles. The molecule has 0 bridgehead atoms. The van der Waals surface area contributed by atoms with Gasteiger partial charge < -0.3 is 20.3 Å². The van der Waals surface area contributed by atoms with Gasteiger partial charge in [-0.3, -0.25) is 0 Å². The van der Waals surface area contributed by atoms with Crippen LogP contribution in [0.5, 0.6) is 0 Å². The molecule has 0 radical (unpaired) electrons. The van der Waals surface area contributed by atoms with E-state index in [9.17, 15) is 0 Å². The topological polar surface area (TPSA) is 118 Å². The molecule has 118 valence electrons. The zero-order valence-corrected chi connectivity index (χ0v) is 12.1. The smallest absolute Gasteiger partial charge is 0.414 e. The highest BCUT2D eigenvalue weighted by Gasteiger charge is 2.11. The predicted octanol–water partition coefficient (Wildman–Crippen LogP) is 1.62. The summed E-state index contributed by atoms with van der Waals surface area (Å²) in [6, 6.07) is 16.1. The summed E-state index contributed by atoms with van der Waals surface area (Å²) in [6.45, 7) is 0.482. The molecule has 0 fully saturated rings. The summed E-state index contributed by atoms with van der Waals surface area (Å²) in [7, 11) is 0. The quantitative estimate of drug-likeness (QED) is 0.619. The Balaban J connectivity index is 0.000000277. The van der Waals surface area contributed by atoms with Gasteiger partial charge in [0.05, 0.1) is 11.4 Å². The van der Waals surface area contributed by atoms with Crippen molar-refractivity contribution in [1.29, 1.82) is 0 Å². The SMILES string of the molecule is NCc1c(-c2ccccc2)nc2ccccn12.O=C(O)C(=O)O. The monoisotopic (exact) mass is 313 g/mol. The van der Waals surface area contributed by atoms with E-state index >= 15 is 0 Å². The van der Waals surface area contributed by atoms with Gasteiger partial charge in [0, 0.05) is 18.3 Å². The molecular formula is C16H15N3O4. The molecule has 7 heteroatoms. The number of nitrogens with two attached hydrogens (primary N) is 1. The number of pyridine rings is 1. The molecule has 0 aliphatic heterocycles. The standard InChI is InChI=1S/C14H13N3.C2H2O4/c15-10-12-14(11-6-2-1-3-7-11)16-13-8-4-5-9-17(12)13;3-1(4)2(5)6/h1-9H,10,15H2;(H,3,4)(H,5,6). The van der Waals surface area contributed by atoms with Crippen LogP contribution in [0.2, 0.25) is 0 Å². The number of aliphatic carboxylic acids is 2. The number of fused-ring (bicyclic) bond motifs is 1. The van der Waals surface area contributed by atoms with Crippen LogP contribution in [0.15, 0.2) is 54.7 Å². The molecule has 0 aliphatic rings. The number of aromatic nitrogens is 2. The summed E-state index contributed by atoms with van der Waals surface area (Å²) >= 11 is 0. The van der Waals surface area contributed by atoms with Crippen molar-refractivity contribution in [1.82, 2.24) is 9.38 Å². The molecule has 0 saturated heterocycles. The number of carbonyl (C=O) groups is 2. The molecule has 0 unspecified atom stereocenters. The number of rotatable bonds is 2. The van der Waals surface area contributed by atoms with Crippen molar-refractivity contribution in [2.24, 2.45) is 5.73 Å². The van der Waals surface area contributed by atoms with Crippen molar-refractivity contribution >= 4 is 17.6 Å². The zero-order valence-electron chi connectivity index (χ0n) is 12.1. The molecular weight excluding hydrogens is 298 g/mol. The average Bonchev–Trinajstić information content (AvgIpc) is 2.94. The minimum atomic E-state index is -1.82. The molecule has 0 saturated carbocycles. The van der Waals surface area contributed by atoms with Crippen LogP contribution >= 0.6 is 0 Å². The van der Waals surface area contributed by atoms with Gasteiger partial charge in [0.15, 0.2) is 0 Å². The van der Waals surface area contributed by atoms with E-state index in [1.54, 1.807) is 0 Å². The van der Waals surface area contributed by atoms with E-state index in [2.05, 4.69) is 17.1 Å². The molecule has 0 amide bonds. The van der Waals surface area contributed by atoms with Crippen LogP contribution in [-0.2, 0) is 16.1 Å². The first-order valence-corrected chi connectivity index (χ1v) is 6.72. The number of carboxylic acid groups (broad SMARTS) is 2. The van der Waals surface area contributed by atoms with Crippen molar-refractivity contribution in [2.75, 3.05) is 0 Å². The molecule has 0 atom stereocenters. The third-order valence-corrected chi connectivity index (χ3v) is 3.05. The van der Waals surface area contributed by atoms with Crippen LogP contribution in [0.25, 0.3) is 16.9 Å². The molecule has 1 aromatic carbocycles. The second-order valence-corrected chi connectivity index (χ2v) is 4.52. The highest BCUT2D eigenvalue weighted by Crippen LogP contribution is 2.23. The van der Waals surface area contributed by atoms with Crippen molar-refractivity contribution in [3.05, 3.63) is 60.4 Å². The summed E-state index contributed by atoms with van der Waals surface area (Å²) in [5.41, 5.74) is 9.90. The van der Waals surface area contributed by atoms with E-state index in [4.69, 9.17) is 25.5 Å². The Morgan fingerprint density at radius 1 is 1.00 bits per heavy atom. The van der Waals surface area contributed by atoms with Crippen LogP contribution in [0, 0.1) is 0 Å². The lowest BCUT2D eigenvalue weighted by Crippen LogP contribution is -2.09. The van der Waals surface area contributed by atoms with Crippen molar-refractivity contribution in [3.8, 4) is 11.3 Å². The fraction of sp³-hybridized carbons (Fsp3) is 0.0625. The van der Waals surface area contributed by atoms with Crippen molar-refractivity contribution < 1.29 is 19.8 Å². The number of nitrogens with zero attached hydrogens (tertiary/aromatic N) is 2. The largest absolute Gasteiger partial charge is 0.473 e. The van der Waals surface area contributed by atoms with E-state index in [1.165, 1.54) is 0 Å². The first kappa shape index (κ1) is 16.2. The minimum absolute atomic E-state index is 0.482. The Morgan fingerprint density at radius 2 is 1.61 bits per heavy atom. The Kier molecular flexibility index (Phi) is 5.06. The normalized spacial score (nSPS) is 9.96. The third-order valence-electron chi connectivity index (χ3n) is 3.05. The molecule has 3 rings (SSSR count). The maximum Gasteiger partial charge on any atom is 0.414 e. The van der Waals surface area contributed by atoms with Gasteiger partial charge in [-0.05, 0) is 12.1 Å². The van der Waals surface area contributed by atoms with Crippen LogP contribution in [0.3, 0.4) is 0 Å². The van der Waals surface area contributed by atoms with Crippen LogP contribution in [0.4, 0.5) is 0 Å². The van der Waals surface area contributed by atoms with Gasteiger partial charge in [0.25, 0.3) is 0 Å². The van der Waals surface area contributed by atoms with E-state index < -0.39 is 11.9 Å². The second-order valence-electron chi connectivity index (χ2n) is 4.52. The summed E-state index contributed by atoms with van der Waals surface area (Å²) in [6.07, 6.45) is 2.00. The van der Waals surface area contributed by atoms with E-state index in [-0.39, 0.29) is 0 Å². The zero-order chi connectivity index (χ0) is 16.8. The predicted molar refractivity (Wildman–Crippen MR) is 83.8 cm³/mol. The van der Waals surface area contributed by atoms with E-state index in [0.717, 1.165) is 22.6 Å². The van der Waals surface area contributed by atoms with E-state index in [0.29, 0.717) is 6.54 Å². The number of imidazole rings is 1. The molecule has 2 heterocycles. The summed E-state index contributed by atoms with van der Waals surface area (Å²) in [5, 5.41) is 14.8. The minimum Gasteiger partial charge on any atom is -0.473 e. The van der Waals surface area contributed by atoms with Gasteiger partial charge >= 0.3 is 11.9 Å². The molecule has 2 aromatic heterocycles. The van der Waals surface area contributed by atoms with Gasteiger partial charge in [0.1, 0.15) is 5.65 Å². The second kappa shape index (κ2) is 7.19. The summed E-state index contributed by atoms with van der Waals surface area (Å²) in [5.74, 6) is -3.65. The number of benzene rings is 1. The fourth-order valence-corrected chi connectivity index (χ4v) is 2.07. The molecule has 7 nitrogen and oxygen atoms in total. The number of hydrogen-bond acceptors (Lipinski definition) is 4. The Hall–Kier alpha value is -3.19. The van der Waals surface area contributed by atoms with Gasteiger partial charge in [-0.2, -0.15) is 0 Å². The Labute approximate surface area is 131 Å². The van der Waals surface area contributed by atoms with Crippen LogP contribution in [0.1, 0.15) is 5.69 Å². The van der Waals surface area contributed by atoms with E-state index in [1.807, 2.05) is 47.0 Å².